The summed E-state index contributed by atoms with van der Waals surface area (Å²) in [7, 11) is 1.58. The number of likely N-dealkylation sites (N-methyl/N-ethyl adjacent to an activating group) is 1. The maximum atomic E-state index is 10.3. The predicted molar refractivity (Wildman–Crippen MR) is 52.6 cm³/mol. The van der Waals surface area contributed by atoms with Crippen molar-refractivity contribution in [1.29, 1.82) is 0 Å². The summed E-state index contributed by atoms with van der Waals surface area (Å²) in [5.41, 5.74) is 0.544. The lowest BCUT2D eigenvalue weighted by Gasteiger charge is -1.93. The minimum Gasteiger partial charge on any atom is -0.464 e. The molecule has 0 spiro atoms. The molecule has 0 saturated carbocycles. The largest absolute Gasteiger partial charge is 0.464 e. The molecule has 82 valence electrons. The van der Waals surface area contributed by atoms with Crippen LogP contribution in [0.3, 0.4) is 0 Å². The predicted octanol–water partition coefficient (Wildman–Crippen LogP) is -0.150. The number of ether oxygens (including phenoxy) is 1. The highest BCUT2D eigenvalue weighted by Crippen LogP contribution is 1.81. The average Bonchev–Trinajstić information content (AvgIpc) is 2.17. The van der Waals surface area contributed by atoms with Crippen LogP contribution in [0.2, 0.25) is 0 Å². The normalized spacial score (nSPS) is 8.00. The molecule has 0 aromatic rings. The van der Waals surface area contributed by atoms with Gasteiger partial charge in [0.05, 0.1) is 6.61 Å². The van der Waals surface area contributed by atoms with Gasteiger partial charge in [-0.15, -0.1) is 0 Å². The number of carbonyl (C=O) groups is 2. The first kappa shape index (κ1) is 15.1. The minimum absolute atomic E-state index is 0.0972. The van der Waals surface area contributed by atoms with Gasteiger partial charge in [-0.2, -0.15) is 0 Å². The molecular weight excluding hydrogens is 186 g/mol. The molecule has 0 aliphatic rings. The van der Waals surface area contributed by atoms with Crippen molar-refractivity contribution in [2.75, 3.05) is 20.3 Å². The van der Waals surface area contributed by atoms with E-state index in [4.69, 9.17) is 5.11 Å². The standard InChI is InChI=1S/C5H9NO.C4H8O3/c1-4(2)5(7)6-3;1-2-7-4(6)3-5/h1H2,2-3H3,(H,6,7);5H,2-3H2,1H3. The Morgan fingerprint density at radius 1 is 1.50 bits per heavy atom. The van der Waals surface area contributed by atoms with E-state index in [9.17, 15) is 9.59 Å². The number of amides is 1. The molecule has 0 fully saturated rings. The zero-order valence-corrected chi connectivity index (χ0v) is 8.79. The Balaban J connectivity index is 0. The van der Waals surface area contributed by atoms with Crippen LogP contribution in [0.4, 0.5) is 0 Å². The average molecular weight is 203 g/mol. The zero-order chi connectivity index (χ0) is 11.6. The van der Waals surface area contributed by atoms with E-state index in [1.807, 2.05) is 0 Å². The number of aliphatic hydroxyl groups excluding tert-OH is 1. The summed E-state index contributed by atoms with van der Waals surface area (Å²) in [6.45, 7) is 6.58. The Bertz CT molecular complexity index is 201. The second-order valence-electron chi connectivity index (χ2n) is 2.32. The number of esters is 1. The quantitative estimate of drug-likeness (QED) is 0.494. The molecule has 0 radical (unpaired) electrons. The van der Waals surface area contributed by atoms with E-state index in [1.54, 1.807) is 20.9 Å². The molecule has 0 unspecified atom stereocenters. The van der Waals surface area contributed by atoms with Crippen LogP contribution in [0.5, 0.6) is 0 Å². The van der Waals surface area contributed by atoms with Crippen molar-refractivity contribution in [1.82, 2.24) is 5.32 Å². The molecule has 0 aromatic heterocycles. The van der Waals surface area contributed by atoms with Gasteiger partial charge in [0, 0.05) is 12.6 Å². The van der Waals surface area contributed by atoms with Crippen molar-refractivity contribution in [3.63, 3.8) is 0 Å². The van der Waals surface area contributed by atoms with E-state index >= 15 is 0 Å². The van der Waals surface area contributed by atoms with Gasteiger partial charge in [-0.25, -0.2) is 4.79 Å². The summed E-state index contributed by atoms with van der Waals surface area (Å²) >= 11 is 0. The number of hydrogen-bond acceptors (Lipinski definition) is 4. The SMILES string of the molecule is C=C(C)C(=O)NC.CCOC(=O)CO. The van der Waals surface area contributed by atoms with Gasteiger partial charge in [-0.05, 0) is 13.8 Å². The van der Waals surface area contributed by atoms with Crippen LogP contribution in [-0.2, 0) is 14.3 Å². The molecule has 0 aliphatic carbocycles. The van der Waals surface area contributed by atoms with Crippen molar-refractivity contribution in [2.45, 2.75) is 13.8 Å². The van der Waals surface area contributed by atoms with Crippen LogP contribution < -0.4 is 5.32 Å². The Hall–Kier alpha value is -1.36. The maximum absolute atomic E-state index is 10.3. The first-order valence-electron chi connectivity index (χ1n) is 4.13. The van der Waals surface area contributed by atoms with Crippen LogP contribution >= 0.6 is 0 Å². The lowest BCUT2D eigenvalue weighted by atomic mass is 10.3. The molecule has 1 amide bonds. The highest BCUT2D eigenvalue weighted by molar-refractivity contribution is 5.91. The second-order valence-corrected chi connectivity index (χ2v) is 2.32. The first-order chi connectivity index (χ1) is 6.49. The van der Waals surface area contributed by atoms with Gasteiger partial charge < -0.3 is 15.2 Å². The number of hydrogen-bond donors (Lipinski definition) is 2. The summed E-state index contributed by atoms with van der Waals surface area (Å²) in [5, 5.41) is 10.4. The van der Waals surface area contributed by atoms with E-state index in [0.717, 1.165) is 0 Å². The molecule has 5 nitrogen and oxygen atoms in total. The monoisotopic (exact) mass is 203 g/mol. The van der Waals surface area contributed by atoms with Crippen molar-refractivity contribution in [3.05, 3.63) is 12.2 Å². The fraction of sp³-hybridized carbons (Fsp3) is 0.556. The van der Waals surface area contributed by atoms with Gasteiger partial charge in [0.15, 0.2) is 0 Å². The van der Waals surface area contributed by atoms with Gasteiger partial charge in [-0.1, -0.05) is 6.58 Å². The summed E-state index contributed by atoms with van der Waals surface area (Å²) < 4.78 is 4.30. The van der Waals surface area contributed by atoms with E-state index in [-0.39, 0.29) is 5.91 Å². The summed E-state index contributed by atoms with van der Waals surface area (Å²) in [6.07, 6.45) is 0. The molecule has 0 atom stereocenters. The fourth-order valence-corrected chi connectivity index (χ4v) is 0.420. The molecule has 0 rings (SSSR count). The lowest BCUT2D eigenvalue weighted by Crippen LogP contribution is -2.17. The smallest absolute Gasteiger partial charge is 0.331 e. The number of carbonyl (C=O) groups excluding carboxylic acids is 2. The molecule has 0 heterocycles. The zero-order valence-electron chi connectivity index (χ0n) is 8.79. The fourth-order valence-electron chi connectivity index (χ4n) is 0.420. The van der Waals surface area contributed by atoms with Gasteiger partial charge >= 0.3 is 5.97 Å². The van der Waals surface area contributed by atoms with Crippen LogP contribution in [0, 0.1) is 0 Å². The van der Waals surface area contributed by atoms with Crippen LogP contribution in [-0.4, -0.2) is 37.2 Å². The maximum Gasteiger partial charge on any atom is 0.331 e. The highest BCUT2D eigenvalue weighted by Gasteiger charge is 1.93. The number of aliphatic hydroxyl groups is 1. The Morgan fingerprint density at radius 2 is 2.00 bits per heavy atom. The first-order valence-corrected chi connectivity index (χ1v) is 4.13. The van der Waals surface area contributed by atoms with E-state index in [0.29, 0.717) is 12.2 Å². The third kappa shape index (κ3) is 10.6. The molecule has 2 N–H and O–H groups in total. The van der Waals surface area contributed by atoms with Crippen molar-refractivity contribution >= 4 is 11.9 Å². The van der Waals surface area contributed by atoms with Gasteiger partial charge in [0.2, 0.25) is 5.91 Å². The Kier molecular flexibility index (Phi) is 10.5. The summed E-state index contributed by atoms with van der Waals surface area (Å²) in [5.74, 6) is -0.664. The van der Waals surface area contributed by atoms with Crippen molar-refractivity contribution in [3.8, 4) is 0 Å². The Labute approximate surface area is 83.8 Å². The Morgan fingerprint density at radius 3 is 2.07 bits per heavy atom. The van der Waals surface area contributed by atoms with Gasteiger partial charge in [0.25, 0.3) is 0 Å². The molecule has 0 aromatic carbocycles. The van der Waals surface area contributed by atoms with E-state index < -0.39 is 12.6 Å². The summed E-state index contributed by atoms with van der Waals surface area (Å²) in [4.78, 5) is 20.2. The molecule has 0 saturated heterocycles. The third-order valence-electron chi connectivity index (χ3n) is 1.05. The molecule has 5 heteroatoms. The van der Waals surface area contributed by atoms with Crippen LogP contribution in [0.1, 0.15) is 13.8 Å². The molecule has 14 heavy (non-hydrogen) atoms. The molecule has 0 aliphatic heterocycles. The van der Waals surface area contributed by atoms with Crippen LogP contribution in [0.25, 0.3) is 0 Å². The van der Waals surface area contributed by atoms with E-state index in [2.05, 4.69) is 16.6 Å². The topological polar surface area (TPSA) is 75.6 Å². The van der Waals surface area contributed by atoms with Gasteiger partial charge in [0.1, 0.15) is 6.61 Å². The lowest BCUT2D eigenvalue weighted by molar-refractivity contribution is -0.146. The third-order valence-corrected chi connectivity index (χ3v) is 1.05. The van der Waals surface area contributed by atoms with Crippen molar-refractivity contribution < 1.29 is 19.4 Å². The second kappa shape index (κ2) is 9.73. The summed E-state index contributed by atoms with van der Waals surface area (Å²) in [6, 6.07) is 0. The van der Waals surface area contributed by atoms with E-state index in [1.165, 1.54) is 0 Å². The van der Waals surface area contributed by atoms with Crippen LogP contribution in [0.15, 0.2) is 12.2 Å². The highest BCUT2D eigenvalue weighted by atomic mass is 16.5. The number of nitrogens with one attached hydrogen (secondary N) is 1. The van der Waals surface area contributed by atoms with Crippen molar-refractivity contribution in [2.24, 2.45) is 0 Å². The number of rotatable bonds is 3. The van der Waals surface area contributed by atoms with Gasteiger partial charge in [-0.3, -0.25) is 4.79 Å². The molecular formula is C9H17NO4. The molecule has 0 bridgehead atoms. The minimum atomic E-state index is -0.567.